The van der Waals surface area contributed by atoms with Gasteiger partial charge >= 0.3 is 0 Å². The highest BCUT2D eigenvalue weighted by molar-refractivity contribution is 6.31. The molecule has 1 N–H and O–H groups in total. The van der Waals surface area contributed by atoms with E-state index >= 15 is 0 Å². The maximum atomic E-state index is 12.2. The van der Waals surface area contributed by atoms with Crippen molar-refractivity contribution in [1.82, 2.24) is 19.6 Å². The molecule has 0 saturated heterocycles. The molecule has 0 atom stereocenters. The second-order valence-electron chi connectivity index (χ2n) is 5.34. The van der Waals surface area contributed by atoms with E-state index in [9.17, 15) is 4.79 Å². The Kier molecular flexibility index (Phi) is 4.59. The van der Waals surface area contributed by atoms with Gasteiger partial charge < -0.3 is 5.32 Å². The minimum atomic E-state index is -0.174. The van der Waals surface area contributed by atoms with E-state index in [1.165, 1.54) is 0 Å². The molecular weight excluding hydrogens is 349 g/mol. The molecule has 1 aromatic carbocycles. The van der Waals surface area contributed by atoms with Crippen molar-refractivity contribution in [2.24, 2.45) is 0 Å². The summed E-state index contributed by atoms with van der Waals surface area (Å²) < 4.78 is 3.25. The number of amides is 1. The van der Waals surface area contributed by atoms with Crippen LogP contribution in [-0.4, -0.2) is 25.5 Å². The first-order chi connectivity index (χ1) is 11.4. The minimum Gasteiger partial charge on any atom is -0.324 e. The number of nitrogens with one attached hydrogen (secondary N) is 1. The van der Waals surface area contributed by atoms with Gasteiger partial charge in [0.1, 0.15) is 6.54 Å². The van der Waals surface area contributed by atoms with E-state index in [0.29, 0.717) is 21.4 Å². The van der Waals surface area contributed by atoms with Gasteiger partial charge in [-0.05, 0) is 38.1 Å². The van der Waals surface area contributed by atoms with Crippen molar-refractivity contribution in [2.75, 3.05) is 5.32 Å². The Balaban J connectivity index is 1.67. The van der Waals surface area contributed by atoms with Gasteiger partial charge in [0.25, 0.3) is 0 Å². The van der Waals surface area contributed by atoms with Crippen LogP contribution in [0.1, 0.15) is 11.4 Å². The third kappa shape index (κ3) is 3.44. The average molecular weight is 364 g/mol. The molecule has 0 unspecified atom stereocenters. The van der Waals surface area contributed by atoms with Gasteiger partial charge in [-0.1, -0.05) is 23.2 Å². The summed E-state index contributed by atoms with van der Waals surface area (Å²) >= 11 is 11.9. The molecule has 24 heavy (non-hydrogen) atoms. The zero-order chi connectivity index (χ0) is 17.3. The quantitative estimate of drug-likeness (QED) is 0.769. The Hall–Kier alpha value is -2.31. The largest absolute Gasteiger partial charge is 0.324 e. The highest BCUT2D eigenvalue weighted by Gasteiger charge is 2.12. The first-order valence-corrected chi connectivity index (χ1v) is 7.99. The molecule has 3 aromatic rings. The van der Waals surface area contributed by atoms with Crippen LogP contribution in [0.4, 0.5) is 5.69 Å². The Morgan fingerprint density at radius 3 is 2.46 bits per heavy atom. The fourth-order valence-corrected chi connectivity index (χ4v) is 2.58. The predicted molar refractivity (Wildman–Crippen MR) is 93.9 cm³/mol. The van der Waals surface area contributed by atoms with Gasteiger partial charge in [0.2, 0.25) is 5.91 Å². The van der Waals surface area contributed by atoms with Crippen molar-refractivity contribution in [1.29, 1.82) is 0 Å². The van der Waals surface area contributed by atoms with Crippen LogP contribution in [0.3, 0.4) is 0 Å². The van der Waals surface area contributed by atoms with E-state index < -0.39 is 0 Å². The van der Waals surface area contributed by atoms with E-state index in [2.05, 4.69) is 15.5 Å². The number of rotatable bonds is 4. The molecule has 8 heteroatoms. The third-order valence-corrected chi connectivity index (χ3v) is 4.30. The maximum Gasteiger partial charge on any atom is 0.246 e. The van der Waals surface area contributed by atoms with Gasteiger partial charge in [-0.2, -0.15) is 10.2 Å². The molecule has 6 nitrogen and oxygen atoms in total. The number of nitrogens with zero attached hydrogens (tertiary/aromatic N) is 4. The number of carbonyl (C=O) groups excluding carboxylic acids is 1. The zero-order valence-electron chi connectivity index (χ0n) is 13.1. The summed E-state index contributed by atoms with van der Waals surface area (Å²) in [6.45, 7) is 3.75. The number of halogens is 2. The molecule has 3 rings (SSSR count). The maximum absolute atomic E-state index is 12.2. The number of hydrogen-bond acceptors (Lipinski definition) is 3. The van der Waals surface area contributed by atoms with Gasteiger partial charge in [0, 0.05) is 11.9 Å². The van der Waals surface area contributed by atoms with Crippen LogP contribution in [-0.2, 0) is 11.3 Å². The second kappa shape index (κ2) is 6.67. The van der Waals surface area contributed by atoms with Crippen LogP contribution in [0.15, 0.2) is 36.7 Å². The summed E-state index contributed by atoms with van der Waals surface area (Å²) in [6, 6.07) is 7.30. The Labute approximate surface area is 149 Å². The molecule has 2 heterocycles. The Bertz CT molecular complexity index is 883. The fourth-order valence-electron chi connectivity index (χ4n) is 2.31. The lowest BCUT2D eigenvalue weighted by atomic mass is 10.3. The summed E-state index contributed by atoms with van der Waals surface area (Å²) in [5.41, 5.74) is 3.03. The van der Waals surface area contributed by atoms with Crippen LogP contribution < -0.4 is 5.32 Å². The predicted octanol–water partition coefficient (Wildman–Crippen LogP) is 3.63. The molecule has 0 spiro atoms. The summed E-state index contributed by atoms with van der Waals surface area (Å²) in [5, 5.41) is 12.4. The van der Waals surface area contributed by atoms with Gasteiger partial charge in [0.15, 0.2) is 0 Å². The number of hydrogen-bond donors (Lipinski definition) is 1. The molecule has 0 saturated carbocycles. The van der Waals surface area contributed by atoms with Crippen molar-refractivity contribution in [2.45, 2.75) is 20.4 Å². The van der Waals surface area contributed by atoms with E-state index in [1.807, 2.05) is 26.0 Å². The lowest BCUT2D eigenvalue weighted by Crippen LogP contribution is -2.20. The van der Waals surface area contributed by atoms with E-state index in [-0.39, 0.29) is 12.5 Å². The zero-order valence-corrected chi connectivity index (χ0v) is 14.6. The minimum absolute atomic E-state index is 0.107. The average Bonchev–Trinajstić information content (AvgIpc) is 3.08. The van der Waals surface area contributed by atoms with Gasteiger partial charge in [-0.3, -0.25) is 9.48 Å². The van der Waals surface area contributed by atoms with Crippen molar-refractivity contribution in [3.8, 4) is 5.69 Å². The molecule has 0 radical (unpaired) electrons. The lowest BCUT2D eigenvalue weighted by Gasteiger charge is -2.08. The third-order valence-electron chi connectivity index (χ3n) is 3.55. The summed E-state index contributed by atoms with van der Waals surface area (Å²) in [5.74, 6) is -0.174. The van der Waals surface area contributed by atoms with Crippen LogP contribution in [0.2, 0.25) is 10.0 Å². The second-order valence-corrected chi connectivity index (χ2v) is 6.16. The molecule has 0 bridgehead atoms. The van der Waals surface area contributed by atoms with Crippen LogP contribution in [0.5, 0.6) is 0 Å². The van der Waals surface area contributed by atoms with E-state index in [1.54, 1.807) is 33.9 Å². The molecule has 0 aliphatic carbocycles. The molecule has 1 amide bonds. The van der Waals surface area contributed by atoms with E-state index in [0.717, 1.165) is 11.4 Å². The first kappa shape index (κ1) is 16.5. The normalized spacial score (nSPS) is 10.8. The Morgan fingerprint density at radius 1 is 1.21 bits per heavy atom. The highest BCUT2D eigenvalue weighted by atomic mass is 35.5. The lowest BCUT2D eigenvalue weighted by molar-refractivity contribution is -0.116. The highest BCUT2D eigenvalue weighted by Crippen LogP contribution is 2.19. The molecule has 2 aromatic heterocycles. The summed E-state index contributed by atoms with van der Waals surface area (Å²) in [7, 11) is 0. The number of carbonyl (C=O) groups is 1. The standard InChI is InChI=1S/C16H15Cl2N5O/c1-10-16(18)11(2)22(21-10)9-15(24)20-13-3-5-14(6-4-13)23-8-12(17)7-19-23/h3-8H,9H2,1-2H3,(H,20,24). The van der Waals surface area contributed by atoms with Crippen molar-refractivity contribution in [3.05, 3.63) is 58.1 Å². The van der Waals surface area contributed by atoms with Crippen LogP contribution in [0, 0.1) is 13.8 Å². The van der Waals surface area contributed by atoms with E-state index in [4.69, 9.17) is 23.2 Å². The number of benzene rings is 1. The molecule has 0 aliphatic rings. The number of anilines is 1. The van der Waals surface area contributed by atoms with Gasteiger partial charge in [-0.25, -0.2) is 4.68 Å². The fraction of sp³-hybridized carbons (Fsp3) is 0.188. The molecule has 0 aliphatic heterocycles. The molecule has 124 valence electrons. The van der Waals surface area contributed by atoms with Crippen molar-refractivity contribution in [3.63, 3.8) is 0 Å². The topological polar surface area (TPSA) is 64.7 Å². The number of aromatic nitrogens is 4. The van der Waals surface area contributed by atoms with Crippen molar-refractivity contribution >= 4 is 34.8 Å². The van der Waals surface area contributed by atoms with Crippen LogP contribution >= 0.6 is 23.2 Å². The van der Waals surface area contributed by atoms with Crippen LogP contribution in [0.25, 0.3) is 5.69 Å². The summed E-state index contributed by atoms with van der Waals surface area (Å²) in [4.78, 5) is 12.2. The smallest absolute Gasteiger partial charge is 0.246 e. The number of aryl methyl sites for hydroxylation is 1. The SMILES string of the molecule is Cc1nn(CC(=O)Nc2ccc(-n3cc(Cl)cn3)cc2)c(C)c1Cl. The van der Waals surface area contributed by atoms with Crippen molar-refractivity contribution < 1.29 is 4.79 Å². The summed E-state index contributed by atoms with van der Waals surface area (Å²) in [6.07, 6.45) is 3.28. The van der Waals surface area contributed by atoms with Gasteiger partial charge in [0.05, 0.1) is 33.3 Å². The monoisotopic (exact) mass is 363 g/mol. The first-order valence-electron chi connectivity index (χ1n) is 7.24. The molecular formula is C16H15Cl2N5O. The molecule has 0 fully saturated rings. The van der Waals surface area contributed by atoms with Gasteiger partial charge in [-0.15, -0.1) is 0 Å². The Morgan fingerprint density at radius 2 is 1.92 bits per heavy atom.